The summed E-state index contributed by atoms with van der Waals surface area (Å²) in [7, 11) is 3.63. The molecule has 1 fully saturated rings. The number of rotatable bonds is 4. The van der Waals surface area contributed by atoms with Gasteiger partial charge in [-0.2, -0.15) is 5.10 Å². The first kappa shape index (κ1) is 17.2. The van der Waals surface area contributed by atoms with E-state index in [1.54, 1.807) is 17.9 Å². The number of anilines is 2. The first-order valence-electron chi connectivity index (χ1n) is 8.76. The maximum absolute atomic E-state index is 13.2. The molecule has 0 amide bonds. The molecule has 2 aromatic heterocycles. The van der Waals surface area contributed by atoms with Crippen LogP contribution in [-0.2, 0) is 7.05 Å². The summed E-state index contributed by atoms with van der Waals surface area (Å²) < 4.78 is 15.0. The van der Waals surface area contributed by atoms with E-state index >= 15 is 0 Å². The van der Waals surface area contributed by atoms with Gasteiger partial charge in [0.15, 0.2) is 0 Å². The molecule has 3 heterocycles. The van der Waals surface area contributed by atoms with Crippen LogP contribution >= 0.6 is 0 Å². The molecule has 1 aliphatic rings. The Hall–Kier alpha value is -3.22. The molecule has 27 heavy (non-hydrogen) atoms. The third-order valence-electron chi connectivity index (χ3n) is 4.75. The maximum atomic E-state index is 13.2. The summed E-state index contributed by atoms with van der Waals surface area (Å²) in [5.41, 5.74) is 11.5. The van der Waals surface area contributed by atoms with Crippen LogP contribution in [0.15, 0.2) is 53.9 Å². The van der Waals surface area contributed by atoms with E-state index in [0.717, 1.165) is 33.8 Å². The molecule has 0 saturated carbocycles. The van der Waals surface area contributed by atoms with Gasteiger partial charge in [0.05, 0.1) is 25.0 Å². The Kier molecular flexibility index (Phi) is 4.35. The zero-order valence-corrected chi connectivity index (χ0v) is 15.3. The summed E-state index contributed by atoms with van der Waals surface area (Å²) in [5, 5.41) is 4.23. The number of pyridine rings is 1. The summed E-state index contributed by atoms with van der Waals surface area (Å²) in [6.45, 7) is 0.765. The standard InChI is InChI=1S/C20H21FN6/c1-23-20(14-5-6-24-19(8-14)27-11-16(21)12-27)17-7-13(3-4-18(17)22)15-9-25-26(2)10-15/h3-10,16H,11-12,22H2,1-2H3. The fraction of sp³-hybridized carbons (Fsp3) is 0.250. The van der Waals surface area contributed by atoms with Crippen LogP contribution in [-0.4, -0.2) is 46.8 Å². The van der Waals surface area contributed by atoms with Gasteiger partial charge in [-0.1, -0.05) is 6.07 Å². The van der Waals surface area contributed by atoms with Gasteiger partial charge in [0.2, 0.25) is 0 Å². The summed E-state index contributed by atoms with van der Waals surface area (Å²) in [6, 6.07) is 9.71. The van der Waals surface area contributed by atoms with Crippen molar-refractivity contribution in [3.05, 3.63) is 60.0 Å². The van der Waals surface area contributed by atoms with Crippen LogP contribution in [0.3, 0.4) is 0 Å². The van der Waals surface area contributed by atoms with E-state index in [1.807, 2.05) is 54.7 Å². The summed E-state index contributed by atoms with van der Waals surface area (Å²) in [5.74, 6) is 0.754. The minimum atomic E-state index is -0.776. The number of nitrogens with two attached hydrogens (primary N) is 1. The lowest BCUT2D eigenvalue weighted by atomic mass is 9.97. The zero-order chi connectivity index (χ0) is 19.0. The van der Waals surface area contributed by atoms with Crippen LogP contribution < -0.4 is 10.6 Å². The molecule has 1 aliphatic heterocycles. The van der Waals surface area contributed by atoms with Crippen LogP contribution in [0.2, 0.25) is 0 Å². The number of aromatic nitrogens is 3. The molecule has 3 aromatic rings. The molecule has 138 valence electrons. The van der Waals surface area contributed by atoms with Crippen molar-refractivity contribution in [1.29, 1.82) is 0 Å². The van der Waals surface area contributed by atoms with Crippen LogP contribution in [0.25, 0.3) is 11.1 Å². The second-order valence-corrected chi connectivity index (χ2v) is 6.68. The number of hydrogen-bond acceptors (Lipinski definition) is 5. The van der Waals surface area contributed by atoms with E-state index < -0.39 is 6.17 Å². The predicted octanol–water partition coefficient (Wildman–Crippen LogP) is 2.69. The summed E-state index contributed by atoms with van der Waals surface area (Å²) >= 11 is 0. The van der Waals surface area contributed by atoms with Crippen molar-refractivity contribution >= 4 is 17.2 Å². The van der Waals surface area contributed by atoms with Gasteiger partial charge >= 0.3 is 0 Å². The molecule has 4 rings (SSSR count). The fourth-order valence-corrected chi connectivity index (χ4v) is 3.27. The van der Waals surface area contributed by atoms with Crippen molar-refractivity contribution < 1.29 is 4.39 Å². The van der Waals surface area contributed by atoms with E-state index in [9.17, 15) is 4.39 Å². The van der Waals surface area contributed by atoms with Gasteiger partial charge in [0.25, 0.3) is 0 Å². The van der Waals surface area contributed by atoms with Gasteiger partial charge < -0.3 is 10.6 Å². The topological polar surface area (TPSA) is 72.3 Å². The second-order valence-electron chi connectivity index (χ2n) is 6.68. The largest absolute Gasteiger partial charge is 0.398 e. The molecule has 0 unspecified atom stereocenters. The first-order valence-corrected chi connectivity index (χ1v) is 8.76. The molecule has 0 spiro atoms. The highest BCUT2D eigenvalue weighted by Gasteiger charge is 2.27. The summed E-state index contributed by atoms with van der Waals surface area (Å²) in [6.07, 6.45) is 4.73. The molecule has 2 N–H and O–H groups in total. The van der Waals surface area contributed by atoms with E-state index in [1.165, 1.54) is 0 Å². The Morgan fingerprint density at radius 3 is 2.70 bits per heavy atom. The molecule has 0 aliphatic carbocycles. The van der Waals surface area contributed by atoms with Gasteiger partial charge in [-0.25, -0.2) is 9.37 Å². The number of nitrogens with zero attached hydrogens (tertiary/aromatic N) is 5. The fourth-order valence-electron chi connectivity index (χ4n) is 3.27. The van der Waals surface area contributed by atoms with E-state index in [-0.39, 0.29) is 0 Å². The lowest BCUT2D eigenvalue weighted by molar-refractivity contribution is 0.273. The highest BCUT2D eigenvalue weighted by molar-refractivity contribution is 6.16. The number of aliphatic imine (C=N–C) groups is 1. The van der Waals surface area contributed by atoms with Crippen molar-refractivity contribution in [3.63, 3.8) is 0 Å². The van der Waals surface area contributed by atoms with E-state index in [4.69, 9.17) is 5.73 Å². The monoisotopic (exact) mass is 364 g/mol. The Labute approximate surface area is 157 Å². The van der Waals surface area contributed by atoms with E-state index in [2.05, 4.69) is 15.1 Å². The lowest BCUT2D eigenvalue weighted by Crippen LogP contribution is -2.48. The summed E-state index contributed by atoms with van der Waals surface area (Å²) in [4.78, 5) is 10.8. The van der Waals surface area contributed by atoms with Crippen LogP contribution in [0.5, 0.6) is 0 Å². The Bertz CT molecular complexity index is 1000. The van der Waals surface area contributed by atoms with E-state index in [0.29, 0.717) is 18.8 Å². The third kappa shape index (κ3) is 3.28. The van der Waals surface area contributed by atoms with Crippen molar-refractivity contribution in [2.24, 2.45) is 12.0 Å². The molecule has 0 atom stereocenters. The SMILES string of the molecule is CN=C(c1ccnc(N2CC(F)C2)c1)c1cc(-c2cnn(C)c2)ccc1N. The van der Waals surface area contributed by atoms with Crippen LogP contribution in [0.1, 0.15) is 11.1 Å². The highest BCUT2D eigenvalue weighted by atomic mass is 19.1. The third-order valence-corrected chi connectivity index (χ3v) is 4.75. The molecular formula is C20H21FN6. The molecule has 6 nitrogen and oxygen atoms in total. The zero-order valence-electron chi connectivity index (χ0n) is 15.3. The van der Waals surface area contributed by atoms with Gasteiger partial charge in [-0.3, -0.25) is 9.67 Å². The van der Waals surface area contributed by atoms with Crippen molar-refractivity contribution in [3.8, 4) is 11.1 Å². The Morgan fingerprint density at radius 2 is 2.04 bits per heavy atom. The molecule has 1 aromatic carbocycles. The van der Waals surface area contributed by atoms with Crippen molar-refractivity contribution in [2.45, 2.75) is 6.17 Å². The lowest BCUT2D eigenvalue weighted by Gasteiger charge is -2.35. The smallest absolute Gasteiger partial charge is 0.135 e. The molecule has 0 bridgehead atoms. The molecule has 0 radical (unpaired) electrons. The number of aryl methyl sites for hydroxylation is 1. The average Bonchev–Trinajstić information content (AvgIpc) is 3.08. The highest BCUT2D eigenvalue weighted by Crippen LogP contribution is 2.27. The van der Waals surface area contributed by atoms with Gasteiger partial charge in [0.1, 0.15) is 12.0 Å². The van der Waals surface area contributed by atoms with Crippen molar-refractivity contribution in [2.75, 3.05) is 30.8 Å². The molecular weight excluding hydrogens is 343 g/mol. The number of hydrogen-bond donors (Lipinski definition) is 1. The van der Waals surface area contributed by atoms with Crippen LogP contribution in [0, 0.1) is 0 Å². The number of alkyl halides is 1. The number of benzene rings is 1. The number of halogens is 1. The molecule has 1 saturated heterocycles. The quantitative estimate of drug-likeness (QED) is 0.571. The normalized spacial score (nSPS) is 15.1. The van der Waals surface area contributed by atoms with Gasteiger partial charge in [-0.05, 0) is 29.8 Å². The average molecular weight is 364 g/mol. The van der Waals surface area contributed by atoms with Crippen molar-refractivity contribution in [1.82, 2.24) is 14.8 Å². The number of nitrogen functional groups attached to an aromatic ring is 1. The first-order chi connectivity index (χ1) is 13.0. The Balaban J connectivity index is 1.72. The Morgan fingerprint density at radius 1 is 1.22 bits per heavy atom. The minimum Gasteiger partial charge on any atom is -0.398 e. The minimum absolute atomic E-state index is 0.383. The van der Waals surface area contributed by atoms with Gasteiger partial charge in [-0.15, -0.1) is 0 Å². The predicted molar refractivity (Wildman–Crippen MR) is 106 cm³/mol. The van der Waals surface area contributed by atoms with Crippen LogP contribution in [0.4, 0.5) is 15.9 Å². The second kappa shape index (κ2) is 6.83. The van der Waals surface area contributed by atoms with Gasteiger partial charge in [0, 0.05) is 48.9 Å². The maximum Gasteiger partial charge on any atom is 0.135 e. The molecule has 7 heteroatoms.